The highest BCUT2D eigenvalue weighted by molar-refractivity contribution is 7.11. The number of alkyl halides is 3. The SMILES string of the molecule is CCNC(=NCc1ccc(OCC(F)(F)F)cc1)NCCc1ncc(C)s1. The van der Waals surface area contributed by atoms with Crippen molar-refractivity contribution in [1.29, 1.82) is 0 Å². The number of hydrogen-bond acceptors (Lipinski definition) is 4. The van der Waals surface area contributed by atoms with Gasteiger partial charge in [-0.1, -0.05) is 12.1 Å². The summed E-state index contributed by atoms with van der Waals surface area (Å²) in [6.45, 7) is 4.56. The molecule has 2 rings (SSSR count). The van der Waals surface area contributed by atoms with E-state index in [-0.39, 0.29) is 5.75 Å². The first-order chi connectivity index (χ1) is 12.9. The maximum Gasteiger partial charge on any atom is 0.422 e. The quantitative estimate of drug-likeness (QED) is 0.524. The molecule has 0 saturated heterocycles. The molecule has 1 heterocycles. The summed E-state index contributed by atoms with van der Waals surface area (Å²) in [5, 5.41) is 7.49. The van der Waals surface area contributed by atoms with Crippen molar-refractivity contribution in [3.8, 4) is 5.75 Å². The van der Waals surface area contributed by atoms with E-state index in [0.29, 0.717) is 19.0 Å². The molecular weight excluding hydrogens is 377 g/mol. The molecule has 27 heavy (non-hydrogen) atoms. The van der Waals surface area contributed by atoms with Crippen LogP contribution in [0.4, 0.5) is 13.2 Å². The monoisotopic (exact) mass is 400 g/mol. The van der Waals surface area contributed by atoms with Gasteiger partial charge in [-0.25, -0.2) is 9.98 Å². The fourth-order valence-corrected chi connectivity index (χ4v) is 2.96. The smallest absolute Gasteiger partial charge is 0.422 e. The zero-order valence-electron chi connectivity index (χ0n) is 15.3. The molecular formula is C18H23F3N4OS. The minimum Gasteiger partial charge on any atom is -0.484 e. The van der Waals surface area contributed by atoms with Gasteiger partial charge in [0.25, 0.3) is 0 Å². The Morgan fingerprint density at radius 3 is 2.56 bits per heavy atom. The zero-order valence-corrected chi connectivity index (χ0v) is 16.1. The minimum atomic E-state index is -4.34. The minimum absolute atomic E-state index is 0.184. The number of nitrogens with one attached hydrogen (secondary N) is 2. The number of ether oxygens (including phenoxy) is 1. The molecule has 0 aliphatic heterocycles. The molecule has 0 spiro atoms. The highest BCUT2D eigenvalue weighted by Gasteiger charge is 2.28. The lowest BCUT2D eigenvalue weighted by Gasteiger charge is -2.11. The third kappa shape index (κ3) is 8.29. The number of guanidine groups is 1. The van der Waals surface area contributed by atoms with Crippen molar-refractivity contribution in [2.45, 2.75) is 33.0 Å². The van der Waals surface area contributed by atoms with Gasteiger partial charge < -0.3 is 15.4 Å². The van der Waals surface area contributed by atoms with Gasteiger partial charge in [0.05, 0.1) is 11.6 Å². The second kappa shape index (κ2) is 10.1. The van der Waals surface area contributed by atoms with Crippen molar-refractivity contribution in [3.05, 3.63) is 45.9 Å². The first-order valence-corrected chi connectivity index (χ1v) is 9.39. The highest BCUT2D eigenvalue weighted by Crippen LogP contribution is 2.19. The Morgan fingerprint density at radius 2 is 1.96 bits per heavy atom. The lowest BCUT2D eigenvalue weighted by Crippen LogP contribution is -2.38. The molecule has 0 unspecified atom stereocenters. The van der Waals surface area contributed by atoms with Crippen molar-refractivity contribution in [1.82, 2.24) is 15.6 Å². The van der Waals surface area contributed by atoms with E-state index < -0.39 is 12.8 Å². The van der Waals surface area contributed by atoms with Gasteiger partial charge in [0.1, 0.15) is 5.75 Å². The third-order valence-corrected chi connectivity index (χ3v) is 4.36. The van der Waals surface area contributed by atoms with Gasteiger partial charge in [-0.3, -0.25) is 0 Å². The standard InChI is InChI=1S/C18H23F3N4OS/c1-3-22-17(23-9-8-16-24-10-13(2)27-16)25-11-14-4-6-15(7-5-14)26-12-18(19,20)21/h4-7,10H,3,8-9,11-12H2,1-2H3,(H2,22,23,25). The molecule has 2 N–H and O–H groups in total. The van der Waals surface area contributed by atoms with Crippen molar-refractivity contribution in [2.24, 2.45) is 4.99 Å². The fraction of sp³-hybridized carbons (Fsp3) is 0.444. The van der Waals surface area contributed by atoms with Gasteiger partial charge in [-0.05, 0) is 31.5 Å². The first-order valence-electron chi connectivity index (χ1n) is 8.57. The molecule has 2 aromatic rings. The number of benzene rings is 1. The van der Waals surface area contributed by atoms with Crippen LogP contribution in [0.5, 0.6) is 5.75 Å². The molecule has 9 heteroatoms. The van der Waals surface area contributed by atoms with E-state index in [4.69, 9.17) is 4.74 Å². The number of aromatic nitrogens is 1. The van der Waals surface area contributed by atoms with Crippen molar-refractivity contribution >= 4 is 17.3 Å². The second-order valence-corrected chi connectivity index (χ2v) is 7.10. The average molecular weight is 400 g/mol. The number of aryl methyl sites for hydroxylation is 1. The second-order valence-electron chi connectivity index (χ2n) is 5.78. The van der Waals surface area contributed by atoms with Crippen LogP contribution in [0.3, 0.4) is 0 Å². The maximum atomic E-state index is 12.2. The van der Waals surface area contributed by atoms with Gasteiger partial charge in [0.15, 0.2) is 12.6 Å². The Hall–Kier alpha value is -2.29. The molecule has 5 nitrogen and oxygen atoms in total. The summed E-state index contributed by atoms with van der Waals surface area (Å²) in [4.78, 5) is 10.0. The Morgan fingerprint density at radius 1 is 1.22 bits per heavy atom. The lowest BCUT2D eigenvalue weighted by atomic mass is 10.2. The number of nitrogens with zero attached hydrogens (tertiary/aromatic N) is 2. The van der Waals surface area contributed by atoms with Gasteiger partial charge in [0, 0.05) is 30.6 Å². The largest absolute Gasteiger partial charge is 0.484 e. The molecule has 0 bridgehead atoms. The summed E-state index contributed by atoms with van der Waals surface area (Å²) in [5.41, 5.74) is 0.877. The van der Waals surface area contributed by atoms with Crippen LogP contribution in [0.25, 0.3) is 0 Å². The summed E-state index contributed by atoms with van der Waals surface area (Å²) in [7, 11) is 0. The van der Waals surface area contributed by atoms with E-state index in [1.807, 2.05) is 20.0 Å². The normalized spacial score (nSPS) is 12.1. The molecule has 0 atom stereocenters. The summed E-state index contributed by atoms with van der Waals surface area (Å²) >= 11 is 1.68. The average Bonchev–Trinajstić information content (AvgIpc) is 3.03. The van der Waals surface area contributed by atoms with E-state index in [1.165, 1.54) is 17.0 Å². The van der Waals surface area contributed by atoms with Crippen LogP contribution < -0.4 is 15.4 Å². The molecule has 148 valence electrons. The Kier molecular flexibility index (Phi) is 7.90. The molecule has 1 aromatic carbocycles. The maximum absolute atomic E-state index is 12.2. The van der Waals surface area contributed by atoms with Crippen LogP contribution in [0.15, 0.2) is 35.5 Å². The van der Waals surface area contributed by atoms with Crippen LogP contribution in [0.2, 0.25) is 0 Å². The molecule has 0 aliphatic rings. The summed E-state index contributed by atoms with van der Waals surface area (Å²) < 4.78 is 41.2. The molecule has 0 amide bonds. The topological polar surface area (TPSA) is 58.5 Å². The van der Waals surface area contributed by atoms with E-state index in [1.54, 1.807) is 23.5 Å². The Balaban J connectivity index is 1.84. The highest BCUT2D eigenvalue weighted by atomic mass is 32.1. The van der Waals surface area contributed by atoms with Crippen molar-refractivity contribution < 1.29 is 17.9 Å². The van der Waals surface area contributed by atoms with Crippen molar-refractivity contribution in [2.75, 3.05) is 19.7 Å². The van der Waals surface area contributed by atoms with E-state index in [2.05, 4.69) is 20.6 Å². The lowest BCUT2D eigenvalue weighted by molar-refractivity contribution is -0.153. The molecule has 0 saturated carbocycles. The first kappa shape index (κ1) is 21.0. The van der Waals surface area contributed by atoms with Gasteiger partial charge in [0.2, 0.25) is 0 Å². The van der Waals surface area contributed by atoms with E-state index in [9.17, 15) is 13.2 Å². The summed E-state index contributed by atoms with van der Waals surface area (Å²) in [6.07, 6.45) is -1.66. The Labute approximate surface area is 160 Å². The summed E-state index contributed by atoms with van der Waals surface area (Å²) in [5.74, 6) is 0.868. The van der Waals surface area contributed by atoms with E-state index in [0.717, 1.165) is 23.5 Å². The number of thiazole rings is 1. The van der Waals surface area contributed by atoms with Gasteiger partial charge in [-0.15, -0.1) is 11.3 Å². The van der Waals surface area contributed by atoms with Crippen LogP contribution in [0, 0.1) is 6.92 Å². The van der Waals surface area contributed by atoms with Crippen LogP contribution in [-0.4, -0.2) is 36.8 Å². The predicted octanol–water partition coefficient (Wildman–Crippen LogP) is 3.69. The molecule has 0 fully saturated rings. The molecule has 0 radical (unpaired) electrons. The molecule has 0 aliphatic carbocycles. The third-order valence-electron chi connectivity index (χ3n) is 3.39. The van der Waals surface area contributed by atoms with Gasteiger partial charge >= 0.3 is 6.18 Å². The summed E-state index contributed by atoms with van der Waals surface area (Å²) in [6, 6.07) is 6.44. The van der Waals surface area contributed by atoms with Crippen LogP contribution in [-0.2, 0) is 13.0 Å². The number of rotatable bonds is 8. The van der Waals surface area contributed by atoms with Gasteiger partial charge in [-0.2, -0.15) is 13.2 Å². The fourth-order valence-electron chi connectivity index (χ4n) is 2.17. The van der Waals surface area contributed by atoms with E-state index >= 15 is 0 Å². The van der Waals surface area contributed by atoms with Crippen LogP contribution >= 0.6 is 11.3 Å². The van der Waals surface area contributed by atoms with Crippen molar-refractivity contribution in [3.63, 3.8) is 0 Å². The number of aliphatic imine (C=N–C) groups is 1. The van der Waals surface area contributed by atoms with Crippen LogP contribution in [0.1, 0.15) is 22.4 Å². The number of hydrogen-bond donors (Lipinski definition) is 2. The zero-order chi connectivity index (χ0) is 19.7. The number of halogens is 3. The Bertz CT molecular complexity index is 729. The molecule has 1 aromatic heterocycles. The predicted molar refractivity (Wildman–Crippen MR) is 101 cm³/mol.